The number of hydrogen-bond donors (Lipinski definition) is 1. The van der Waals surface area contributed by atoms with E-state index in [-0.39, 0.29) is 24.4 Å². The van der Waals surface area contributed by atoms with E-state index < -0.39 is 5.56 Å². The second kappa shape index (κ2) is 10.2. The van der Waals surface area contributed by atoms with Gasteiger partial charge in [0.05, 0.1) is 17.1 Å². The van der Waals surface area contributed by atoms with Gasteiger partial charge in [0.2, 0.25) is 17.7 Å². The Hall–Kier alpha value is -3.44. The molecule has 0 saturated heterocycles. The maximum absolute atomic E-state index is 13.0. The second-order valence-corrected chi connectivity index (χ2v) is 7.87. The van der Waals surface area contributed by atoms with Crippen LogP contribution in [0.3, 0.4) is 0 Å². The number of nitrogens with one attached hydrogen (secondary N) is 1. The molecule has 0 aliphatic carbocycles. The van der Waals surface area contributed by atoms with Crippen molar-refractivity contribution in [3.63, 3.8) is 0 Å². The molecule has 0 saturated carbocycles. The number of aromatic amines is 1. The smallest absolute Gasteiger partial charge is 0.266 e. The Balaban J connectivity index is 1.73. The predicted octanol–water partition coefficient (Wildman–Crippen LogP) is 3.94. The van der Waals surface area contributed by atoms with Gasteiger partial charge in [0.15, 0.2) is 0 Å². The lowest BCUT2D eigenvalue weighted by molar-refractivity contribution is -0.132. The minimum Gasteiger partial charge on any atom is -0.419 e. The van der Waals surface area contributed by atoms with Crippen molar-refractivity contribution in [2.45, 2.75) is 46.6 Å². The monoisotopic (exact) mass is 453 g/mol. The Kier molecular flexibility index (Phi) is 7.44. The molecule has 8 nitrogen and oxygen atoms in total. The highest BCUT2D eigenvalue weighted by atomic mass is 35.5. The number of pyridine rings is 1. The zero-order valence-electron chi connectivity index (χ0n) is 18.2. The van der Waals surface area contributed by atoms with E-state index in [0.717, 1.165) is 12.0 Å². The average Bonchev–Trinajstić information content (AvgIpc) is 3.22. The summed E-state index contributed by atoms with van der Waals surface area (Å²) in [6.07, 6.45) is 1.41. The summed E-state index contributed by atoms with van der Waals surface area (Å²) >= 11 is 6.20. The summed E-state index contributed by atoms with van der Waals surface area (Å²) in [5, 5.41) is 17.9. The Morgan fingerprint density at radius 3 is 2.72 bits per heavy atom. The summed E-state index contributed by atoms with van der Waals surface area (Å²) in [5.41, 5.74) is 2.41. The molecule has 0 bridgehead atoms. The summed E-state index contributed by atoms with van der Waals surface area (Å²) < 4.78 is 5.75. The molecule has 32 heavy (non-hydrogen) atoms. The van der Waals surface area contributed by atoms with Crippen LogP contribution in [0.5, 0.6) is 0 Å². The fraction of sp³-hybridized carbons (Fsp3) is 0.348. The summed E-state index contributed by atoms with van der Waals surface area (Å²) in [6.45, 7) is 6.22. The summed E-state index contributed by atoms with van der Waals surface area (Å²) in [5.74, 6) is 0.552. The van der Waals surface area contributed by atoms with Crippen molar-refractivity contribution in [3.05, 3.63) is 67.9 Å². The highest BCUT2D eigenvalue weighted by Gasteiger charge is 2.20. The Morgan fingerprint density at radius 1 is 1.28 bits per heavy atom. The molecule has 0 aliphatic rings. The fourth-order valence-electron chi connectivity index (χ4n) is 3.60. The van der Waals surface area contributed by atoms with Gasteiger partial charge in [0.25, 0.3) is 5.56 Å². The molecule has 1 aromatic carbocycles. The highest BCUT2D eigenvalue weighted by molar-refractivity contribution is 6.33. The normalized spacial score (nSPS) is 10.7. The Morgan fingerprint density at radius 2 is 2.03 bits per heavy atom. The number of aromatic nitrogens is 3. The van der Waals surface area contributed by atoms with Gasteiger partial charge in [0, 0.05) is 18.7 Å². The largest absolute Gasteiger partial charge is 0.419 e. The molecular weight excluding hydrogens is 430 g/mol. The third kappa shape index (κ3) is 5.06. The number of aryl methyl sites for hydroxylation is 1. The Labute approximate surface area is 190 Å². The standard InChI is InChI=1S/C23H24ClN5O3/c1-4-11-29(13-20-27-28-23(32-20)17-7-5-6-8-19(17)24)21(30)10-9-16-14(2)18(12-25)22(31)26-15(16)3/h5-8H,4,9-11,13H2,1-3H3,(H,26,31). The minimum atomic E-state index is -0.407. The van der Waals surface area contributed by atoms with Gasteiger partial charge in [-0.3, -0.25) is 9.59 Å². The van der Waals surface area contributed by atoms with Gasteiger partial charge in [-0.2, -0.15) is 5.26 Å². The predicted molar refractivity (Wildman–Crippen MR) is 120 cm³/mol. The molecule has 0 fully saturated rings. The summed E-state index contributed by atoms with van der Waals surface area (Å²) in [7, 11) is 0. The third-order valence-corrected chi connectivity index (χ3v) is 5.58. The Bertz CT molecular complexity index is 1230. The third-order valence-electron chi connectivity index (χ3n) is 5.25. The molecule has 0 spiro atoms. The molecule has 3 aromatic rings. The number of carbonyl (C=O) groups excluding carboxylic acids is 1. The van der Waals surface area contributed by atoms with E-state index in [4.69, 9.17) is 16.0 Å². The maximum atomic E-state index is 13.0. The van der Waals surface area contributed by atoms with Crippen LogP contribution < -0.4 is 5.56 Å². The molecular formula is C23H24ClN5O3. The topological polar surface area (TPSA) is 116 Å². The van der Waals surface area contributed by atoms with E-state index in [0.29, 0.717) is 46.6 Å². The van der Waals surface area contributed by atoms with E-state index in [1.807, 2.05) is 25.1 Å². The first kappa shape index (κ1) is 23.2. The minimum absolute atomic E-state index is 0.0761. The molecule has 1 amide bonds. The fourth-order valence-corrected chi connectivity index (χ4v) is 3.81. The lowest BCUT2D eigenvalue weighted by Gasteiger charge is -2.21. The van der Waals surface area contributed by atoms with Crippen molar-refractivity contribution in [1.29, 1.82) is 5.26 Å². The number of nitriles is 1. The molecule has 0 radical (unpaired) electrons. The lowest BCUT2D eigenvalue weighted by atomic mass is 9.99. The summed E-state index contributed by atoms with van der Waals surface area (Å²) in [6, 6.07) is 9.12. The molecule has 2 heterocycles. The zero-order chi connectivity index (χ0) is 23.3. The molecule has 0 unspecified atom stereocenters. The number of carbonyl (C=O) groups is 1. The van der Waals surface area contributed by atoms with Gasteiger partial charge >= 0.3 is 0 Å². The molecule has 2 aromatic heterocycles. The van der Waals surface area contributed by atoms with Gasteiger partial charge in [-0.1, -0.05) is 30.7 Å². The van der Waals surface area contributed by atoms with Gasteiger partial charge < -0.3 is 14.3 Å². The molecule has 0 aliphatic heterocycles. The number of nitrogens with zero attached hydrogens (tertiary/aromatic N) is 4. The number of H-pyrrole nitrogens is 1. The van der Waals surface area contributed by atoms with E-state index in [2.05, 4.69) is 15.2 Å². The van der Waals surface area contributed by atoms with Crippen molar-refractivity contribution in [3.8, 4) is 17.5 Å². The maximum Gasteiger partial charge on any atom is 0.266 e. The van der Waals surface area contributed by atoms with Gasteiger partial charge in [0.1, 0.15) is 11.6 Å². The van der Waals surface area contributed by atoms with Crippen LogP contribution in [0.15, 0.2) is 33.5 Å². The van der Waals surface area contributed by atoms with E-state index in [1.54, 1.807) is 30.9 Å². The van der Waals surface area contributed by atoms with Gasteiger partial charge in [-0.05, 0) is 49.9 Å². The van der Waals surface area contributed by atoms with Crippen molar-refractivity contribution >= 4 is 17.5 Å². The second-order valence-electron chi connectivity index (χ2n) is 7.47. The molecule has 1 N–H and O–H groups in total. The van der Waals surface area contributed by atoms with Crippen molar-refractivity contribution in [1.82, 2.24) is 20.1 Å². The highest BCUT2D eigenvalue weighted by Crippen LogP contribution is 2.26. The first-order chi connectivity index (χ1) is 15.3. The van der Waals surface area contributed by atoms with E-state index in [1.165, 1.54) is 0 Å². The van der Waals surface area contributed by atoms with Crippen LogP contribution in [0.25, 0.3) is 11.5 Å². The first-order valence-electron chi connectivity index (χ1n) is 10.3. The van der Waals surface area contributed by atoms with Gasteiger partial charge in [-0.25, -0.2) is 0 Å². The lowest BCUT2D eigenvalue weighted by Crippen LogP contribution is -2.31. The van der Waals surface area contributed by atoms with Crippen molar-refractivity contribution < 1.29 is 9.21 Å². The number of halogens is 1. The number of rotatable bonds is 8. The molecule has 9 heteroatoms. The molecule has 166 valence electrons. The number of hydrogen-bond acceptors (Lipinski definition) is 6. The number of benzene rings is 1. The summed E-state index contributed by atoms with van der Waals surface area (Å²) in [4.78, 5) is 29.2. The van der Waals surface area contributed by atoms with E-state index in [9.17, 15) is 14.9 Å². The first-order valence-corrected chi connectivity index (χ1v) is 10.7. The molecule has 0 atom stereocenters. The van der Waals surface area contributed by atoms with Crippen LogP contribution in [0, 0.1) is 25.2 Å². The van der Waals surface area contributed by atoms with Crippen LogP contribution in [0.2, 0.25) is 5.02 Å². The average molecular weight is 454 g/mol. The van der Waals surface area contributed by atoms with Crippen LogP contribution in [0.1, 0.15) is 48.0 Å². The van der Waals surface area contributed by atoms with Gasteiger partial charge in [-0.15, -0.1) is 10.2 Å². The van der Waals surface area contributed by atoms with Crippen LogP contribution in [0.4, 0.5) is 0 Å². The van der Waals surface area contributed by atoms with Crippen molar-refractivity contribution in [2.75, 3.05) is 6.54 Å². The van der Waals surface area contributed by atoms with Crippen molar-refractivity contribution in [2.24, 2.45) is 0 Å². The number of amides is 1. The zero-order valence-corrected chi connectivity index (χ0v) is 19.0. The van der Waals surface area contributed by atoms with E-state index >= 15 is 0 Å². The molecule has 3 rings (SSSR count). The quantitative estimate of drug-likeness (QED) is 0.552. The van der Waals surface area contributed by atoms with Crippen LogP contribution in [-0.2, 0) is 17.8 Å². The SMILES string of the molecule is CCCN(Cc1nnc(-c2ccccc2Cl)o1)C(=O)CCc1c(C)[nH]c(=O)c(C#N)c1C. The van der Waals surface area contributed by atoms with Crippen LogP contribution >= 0.6 is 11.6 Å². The van der Waals surface area contributed by atoms with Crippen LogP contribution in [-0.4, -0.2) is 32.5 Å².